The summed E-state index contributed by atoms with van der Waals surface area (Å²) in [6, 6.07) is 10.00. The van der Waals surface area contributed by atoms with Crippen molar-refractivity contribution in [1.29, 1.82) is 0 Å². The van der Waals surface area contributed by atoms with Crippen molar-refractivity contribution in [3.05, 3.63) is 106 Å². The molecule has 1 aliphatic carbocycles. The quantitative estimate of drug-likeness (QED) is 0.174. The lowest BCUT2D eigenvalue weighted by Crippen LogP contribution is -2.20. The molecule has 2 atom stereocenters. The number of nitrogens with zero attached hydrogens (tertiary/aromatic N) is 3. The van der Waals surface area contributed by atoms with Crippen molar-refractivity contribution in [1.82, 2.24) is 14.8 Å². The Hall–Kier alpha value is -4.32. The molecule has 2 aromatic heterocycles. The van der Waals surface area contributed by atoms with E-state index in [1.54, 1.807) is 12.1 Å². The minimum Gasteiger partial charge on any atom is -0.387 e. The van der Waals surface area contributed by atoms with Crippen molar-refractivity contribution in [2.45, 2.75) is 57.3 Å². The van der Waals surface area contributed by atoms with E-state index in [0.29, 0.717) is 22.9 Å². The lowest BCUT2D eigenvalue weighted by Gasteiger charge is -2.20. The smallest absolute Gasteiger partial charge is 0.387 e. The molecule has 0 aliphatic heterocycles. The first-order valence-corrected chi connectivity index (χ1v) is 13.4. The Morgan fingerprint density at radius 2 is 1.79 bits per heavy atom. The lowest BCUT2D eigenvalue weighted by molar-refractivity contribution is -0.142. The van der Waals surface area contributed by atoms with Gasteiger partial charge in [-0.25, -0.2) is 13.2 Å². The van der Waals surface area contributed by atoms with E-state index in [1.165, 1.54) is 25.3 Å². The number of pyridine rings is 1. The van der Waals surface area contributed by atoms with Gasteiger partial charge in [-0.15, -0.1) is 0 Å². The van der Waals surface area contributed by atoms with Crippen LogP contribution in [0.5, 0.6) is 0 Å². The SMILES string of the molecule is CC(=O)c1cc(-c2cccnc2C(CC(=O)Cn2nc(C(F)(F)F)c3c2C(O)CC3)Cc2cc(F)cc(F)c2)ccc1F. The molecule has 224 valence electrons. The van der Waals surface area contributed by atoms with Crippen LogP contribution in [-0.4, -0.2) is 31.4 Å². The Bertz CT molecular complexity index is 1700. The molecule has 2 aromatic carbocycles. The average Bonchev–Trinajstić information content (AvgIpc) is 3.48. The fraction of sp³-hybridized carbons (Fsp3) is 0.290. The second-order valence-corrected chi connectivity index (χ2v) is 10.5. The van der Waals surface area contributed by atoms with Crippen LogP contribution < -0.4 is 0 Å². The summed E-state index contributed by atoms with van der Waals surface area (Å²) in [7, 11) is 0. The van der Waals surface area contributed by atoms with E-state index in [0.717, 1.165) is 22.9 Å². The Labute approximate surface area is 242 Å². The second kappa shape index (κ2) is 11.8. The van der Waals surface area contributed by atoms with Gasteiger partial charge in [-0.05, 0) is 67.6 Å². The molecule has 0 saturated carbocycles. The zero-order chi connectivity index (χ0) is 31.1. The van der Waals surface area contributed by atoms with Gasteiger partial charge in [0.05, 0.1) is 29.6 Å². The summed E-state index contributed by atoms with van der Waals surface area (Å²) in [6.45, 7) is 0.621. The predicted octanol–water partition coefficient (Wildman–Crippen LogP) is 6.55. The van der Waals surface area contributed by atoms with Crippen LogP contribution in [0, 0.1) is 17.5 Å². The largest absolute Gasteiger partial charge is 0.435 e. The number of aromatic nitrogens is 3. The number of hydrogen-bond donors (Lipinski definition) is 1. The number of carbonyl (C=O) groups excluding carboxylic acids is 2. The molecule has 1 aliphatic rings. The van der Waals surface area contributed by atoms with E-state index in [4.69, 9.17) is 0 Å². The van der Waals surface area contributed by atoms with E-state index in [9.17, 15) is 41.0 Å². The van der Waals surface area contributed by atoms with Crippen molar-refractivity contribution in [2.24, 2.45) is 0 Å². The van der Waals surface area contributed by atoms with Crippen LogP contribution in [0.2, 0.25) is 0 Å². The number of aliphatic hydroxyl groups is 1. The zero-order valence-corrected chi connectivity index (χ0v) is 22.8. The monoisotopic (exact) mass is 601 g/mol. The summed E-state index contributed by atoms with van der Waals surface area (Å²) >= 11 is 0. The van der Waals surface area contributed by atoms with Gasteiger partial charge in [-0.1, -0.05) is 12.1 Å². The van der Waals surface area contributed by atoms with Gasteiger partial charge >= 0.3 is 6.18 Å². The Morgan fingerprint density at radius 3 is 2.47 bits per heavy atom. The van der Waals surface area contributed by atoms with Gasteiger partial charge in [0.2, 0.25) is 0 Å². The first kappa shape index (κ1) is 30.1. The zero-order valence-electron chi connectivity index (χ0n) is 22.8. The molecule has 12 heteroatoms. The fourth-order valence-electron chi connectivity index (χ4n) is 5.63. The van der Waals surface area contributed by atoms with Gasteiger partial charge in [0, 0.05) is 35.7 Å². The van der Waals surface area contributed by atoms with Crippen LogP contribution in [0.4, 0.5) is 26.3 Å². The van der Waals surface area contributed by atoms with E-state index < -0.39 is 59.5 Å². The number of Topliss-reactive ketones (excluding diaryl/α,β-unsaturated/α-hetero) is 2. The van der Waals surface area contributed by atoms with Gasteiger partial charge < -0.3 is 5.11 Å². The number of alkyl halides is 3. The van der Waals surface area contributed by atoms with Crippen LogP contribution in [-0.2, 0) is 30.4 Å². The molecule has 0 fully saturated rings. The predicted molar refractivity (Wildman–Crippen MR) is 143 cm³/mol. The van der Waals surface area contributed by atoms with Crippen molar-refractivity contribution >= 4 is 11.6 Å². The average molecular weight is 602 g/mol. The highest BCUT2D eigenvalue weighted by Crippen LogP contribution is 2.40. The molecule has 5 rings (SSSR count). The van der Waals surface area contributed by atoms with Crippen LogP contribution in [0.1, 0.15) is 70.4 Å². The maximum absolute atomic E-state index is 14.3. The van der Waals surface area contributed by atoms with E-state index in [2.05, 4.69) is 10.1 Å². The van der Waals surface area contributed by atoms with Crippen molar-refractivity contribution < 1.29 is 41.0 Å². The third kappa shape index (κ3) is 6.38. The minimum absolute atomic E-state index is 0.0372. The molecule has 2 heterocycles. The number of ketones is 2. The number of rotatable bonds is 9. The highest BCUT2D eigenvalue weighted by molar-refractivity contribution is 5.95. The highest BCUT2D eigenvalue weighted by atomic mass is 19.4. The van der Waals surface area contributed by atoms with E-state index in [-0.39, 0.29) is 48.1 Å². The number of hydrogen-bond acceptors (Lipinski definition) is 5. The Morgan fingerprint density at radius 1 is 1.07 bits per heavy atom. The fourth-order valence-corrected chi connectivity index (χ4v) is 5.63. The summed E-state index contributed by atoms with van der Waals surface area (Å²) < 4.78 is 84.2. The minimum atomic E-state index is -4.77. The number of benzene rings is 2. The Kier molecular flexibility index (Phi) is 8.24. The van der Waals surface area contributed by atoms with Crippen LogP contribution >= 0.6 is 0 Å². The lowest BCUT2D eigenvalue weighted by atomic mass is 9.86. The van der Waals surface area contributed by atoms with Gasteiger partial charge in [-0.2, -0.15) is 18.3 Å². The van der Waals surface area contributed by atoms with Crippen LogP contribution in [0.15, 0.2) is 54.7 Å². The molecule has 0 amide bonds. The van der Waals surface area contributed by atoms with Crippen molar-refractivity contribution in [3.8, 4) is 11.1 Å². The normalized spacial score (nSPS) is 15.4. The molecular weight excluding hydrogens is 576 g/mol. The Balaban J connectivity index is 1.53. The number of halogens is 6. The molecule has 0 radical (unpaired) electrons. The highest BCUT2D eigenvalue weighted by Gasteiger charge is 2.42. The van der Waals surface area contributed by atoms with Crippen LogP contribution in [0.3, 0.4) is 0 Å². The number of fused-ring (bicyclic) bond motifs is 1. The molecule has 43 heavy (non-hydrogen) atoms. The van der Waals surface area contributed by atoms with Crippen molar-refractivity contribution in [3.63, 3.8) is 0 Å². The van der Waals surface area contributed by atoms with Gasteiger partial charge in [0.25, 0.3) is 0 Å². The molecule has 4 aromatic rings. The first-order valence-electron chi connectivity index (χ1n) is 13.4. The van der Waals surface area contributed by atoms with Crippen LogP contribution in [0.25, 0.3) is 11.1 Å². The molecule has 2 unspecified atom stereocenters. The molecule has 0 spiro atoms. The third-order valence-electron chi connectivity index (χ3n) is 7.43. The first-order chi connectivity index (χ1) is 20.3. The summed E-state index contributed by atoms with van der Waals surface area (Å²) in [4.78, 5) is 29.9. The van der Waals surface area contributed by atoms with Crippen molar-refractivity contribution in [2.75, 3.05) is 0 Å². The maximum atomic E-state index is 14.3. The molecule has 1 N–H and O–H groups in total. The second-order valence-electron chi connectivity index (χ2n) is 10.5. The molecular formula is C31H25F6N3O3. The summed E-state index contributed by atoms with van der Waals surface area (Å²) in [5.41, 5.74) is -0.208. The van der Waals surface area contributed by atoms with Gasteiger partial charge in [0.1, 0.15) is 17.5 Å². The van der Waals surface area contributed by atoms with E-state index in [1.807, 2.05) is 0 Å². The topological polar surface area (TPSA) is 85.1 Å². The van der Waals surface area contributed by atoms with Gasteiger partial charge in [-0.3, -0.25) is 19.3 Å². The summed E-state index contributed by atoms with van der Waals surface area (Å²) in [5, 5.41) is 13.9. The van der Waals surface area contributed by atoms with Gasteiger partial charge in [0.15, 0.2) is 17.3 Å². The molecule has 6 nitrogen and oxygen atoms in total. The maximum Gasteiger partial charge on any atom is 0.435 e. The number of carbonyl (C=O) groups is 2. The molecule has 0 bridgehead atoms. The number of aliphatic hydroxyl groups excluding tert-OH is 1. The summed E-state index contributed by atoms with van der Waals surface area (Å²) in [6.07, 6.45) is -4.94. The molecule has 0 saturated heterocycles. The summed E-state index contributed by atoms with van der Waals surface area (Å²) in [5.74, 6) is -4.33. The standard InChI is InChI=1S/C31H25F6N3O3/c1-16(41)25-13-18(4-6-26(25)34)23-3-2-8-38-28(23)19(9-17-10-20(32)14-21(33)11-17)12-22(42)15-40-29-24(5-7-27(29)43)30(39-40)31(35,36)37/h2-4,6,8,10-11,13-14,19,27,43H,5,7,9,12,15H2,1H3. The van der Waals surface area contributed by atoms with E-state index >= 15 is 0 Å². The third-order valence-corrected chi connectivity index (χ3v) is 7.43.